The Labute approximate surface area is 251 Å². The van der Waals surface area contributed by atoms with Crippen LogP contribution >= 0.6 is 0 Å². The molecule has 1 aliphatic carbocycles. The van der Waals surface area contributed by atoms with Crippen molar-refractivity contribution in [3.05, 3.63) is 125 Å². The second-order valence-corrected chi connectivity index (χ2v) is 10.2. The lowest BCUT2D eigenvalue weighted by atomic mass is 9.93. The lowest BCUT2D eigenvalue weighted by Crippen LogP contribution is -2.19. The summed E-state index contributed by atoms with van der Waals surface area (Å²) in [6.07, 6.45) is 17.3. The number of allylic oxidation sites excluding steroid dienone is 1. The molecule has 0 atom stereocenters. The van der Waals surface area contributed by atoms with Gasteiger partial charge >= 0.3 is 0 Å². The van der Waals surface area contributed by atoms with Crippen molar-refractivity contribution in [2.24, 2.45) is 11.5 Å². The number of rotatable bonds is 7. The number of terminal acetylenes is 1. The van der Waals surface area contributed by atoms with Crippen molar-refractivity contribution < 1.29 is 0 Å². The van der Waals surface area contributed by atoms with Crippen LogP contribution in [0.25, 0.3) is 10.8 Å². The maximum absolute atomic E-state index is 5.79. The average Bonchev–Trinajstić information content (AvgIpc) is 3.78. The molecule has 0 unspecified atom stereocenters. The molecule has 4 aromatic rings. The summed E-state index contributed by atoms with van der Waals surface area (Å²) in [5.74, 6) is 0. The van der Waals surface area contributed by atoms with E-state index >= 15 is 0 Å². The molecule has 220 valence electrons. The molecule has 1 aliphatic rings. The zero-order chi connectivity index (χ0) is 28.8. The fraction of sp³-hybridized carbons (Fsp3) is 0.342. The van der Waals surface area contributed by atoms with E-state index in [1.807, 2.05) is 12.4 Å². The standard InChI is InChI=1S/C21H21N.C12H17N.C2H2.CH5N.2CH4/c1-16(2)15-19-10-9-18(20-5-3-4-6-21(19)20)8-7-17-11-13-22-14-12-17;1-9-3-4-11(7-10(9)2)12(8-13)5-6-12;2*1-2;;/h3-6,9-14H,1,7-8,15H2,2H3;3-4,7H,5-6,8,13H2,1-2H3;1-2H;2H2,1H3;2*1H4. The Morgan fingerprint density at radius 2 is 1.39 bits per heavy atom. The first-order chi connectivity index (χ1) is 18.9. The number of hydrogen-bond acceptors (Lipinski definition) is 3. The van der Waals surface area contributed by atoms with Gasteiger partial charge in [-0.2, -0.15) is 0 Å². The van der Waals surface area contributed by atoms with Crippen molar-refractivity contribution in [3.8, 4) is 12.8 Å². The normalized spacial score (nSPS) is 11.9. The van der Waals surface area contributed by atoms with Crippen LogP contribution in [0.2, 0.25) is 0 Å². The van der Waals surface area contributed by atoms with E-state index in [2.05, 4.69) is 118 Å². The highest BCUT2D eigenvalue weighted by atomic mass is 14.7. The minimum Gasteiger partial charge on any atom is -0.333 e. The predicted molar refractivity (Wildman–Crippen MR) is 183 cm³/mol. The molecular formula is C38H53N3. The third kappa shape index (κ3) is 10.3. The van der Waals surface area contributed by atoms with E-state index in [0.717, 1.165) is 25.8 Å². The van der Waals surface area contributed by atoms with Crippen molar-refractivity contribution in [1.82, 2.24) is 4.98 Å². The van der Waals surface area contributed by atoms with Gasteiger partial charge in [-0.15, -0.1) is 12.8 Å². The van der Waals surface area contributed by atoms with E-state index in [4.69, 9.17) is 5.73 Å². The smallest absolute Gasteiger partial charge is 0.0270 e. The molecule has 1 aromatic heterocycles. The lowest BCUT2D eigenvalue weighted by molar-refractivity contribution is 0.703. The molecule has 5 rings (SSSR count). The Morgan fingerprint density at radius 3 is 1.90 bits per heavy atom. The first kappa shape index (κ1) is 37.3. The molecule has 0 bridgehead atoms. The third-order valence-electron chi connectivity index (χ3n) is 7.39. The quantitative estimate of drug-likeness (QED) is 0.179. The van der Waals surface area contributed by atoms with Gasteiger partial charge in [-0.25, -0.2) is 0 Å². The second kappa shape index (κ2) is 18.6. The van der Waals surface area contributed by atoms with E-state index in [1.54, 1.807) is 0 Å². The minimum absolute atomic E-state index is 0. The average molecular weight is 552 g/mol. The summed E-state index contributed by atoms with van der Waals surface area (Å²) in [4.78, 5) is 4.08. The van der Waals surface area contributed by atoms with Gasteiger partial charge in [0.05, 0.1) is 0 Å². The van der Waals surface area contributed by atoms with Crippen LogP contribution in [0, 0.1) is 26.7 Å². The van der Waals surface area contributed by atoms with Gasteiger partial charge in [0.1, 0.15) is 0 Å². The van der Waals surface area contributed by atoms with Crippen LogP contribution in [0.5, 0.6) is 0 Å². The Hall–Kier alpha value is -3.71. The summed E-state index contributed by atoms with van der Waals surface area (Å²) in [5, 5.41) is 2.73. The largest absolute Gasteiger partial charge is 0.333 e. The second-order valence-electron chi connectivity index (χ2n) is 10.2. The molecule has 0 spiro atoms. The summed E-state index contributed by atoms with van der Waals surface area (Å²) in [6, 6.07) is 24.2. The van der Waals surface area contributed by atoms with E-state index in [-0.39, 0.29) is 14.9 Å². The number of benzene rings is 3. The van der Waals surface area contributed by atoms with E-state index in [1.165, 1.54) is 69.6 Å². The lowest BCUT2D eigenvalue weighted by Gasteiger charge is -2.14. The molecule has 0 radical (unpaired) electrons. The topological polar surface area (TPSA) is 64.9 Å². The Bertz CT molecular complexity index is 1350. The SMILES string of the molecule is C.C.C#C.C=C(C)Cc1ccc(CCc2ccncc2)c2ccccc12.CN.Cc1ccc(C2(CN)CC2)cc1C. The number of aryl methyl sites for hydroxylation is 4. The molecule has 3 heteroatoms. The molecule has 1 heterocycles. The molecule has 1 saturated carbocycles. The van der Waals surface area contributed by atoms with Crippen LogP contribution in [0.3, 0.4) is 0 Å². The van der Waals surface area contributed by atoms with Crippen LogP contribution in [0.15, 0.2) is 91.3 Å². The molecule has 3 nitrogen and oxygen atoms in total. The van der Waals surface area contributed by atoms with E-state index in [0.29, 0.717) is 5.41 Å². The van der Waals surface area contributed by atoms with Crippen LogP contribution in [-0.4, -0.2) is 18.6 Å². The number of hydrogen-bond donors (Lipinski definition) is 2. The fourth-order valence-electron chi connectivity index (χ4n) is 4.78. The molecule has 0 aliphatic heterocycles. The zero-order valence-corrected chi connectivity index (χ0v) is 24.2. The Balaban J connectivity index is 0.000000726. The summed E-state index contributed by atoms with van der Waals surface area (Å²) in [5.41, 5.74) is 20.2. The number of fused-ring (bicyclic) bond motifs is 1. The van der Waals surface area contributed by atoms with E-state index < -0.39 is 0 Å². The first-order valence-corrected chi connectivity index (χ1v) is 13.6. The monoisotopic (exact) mass is 551 g/mol. The summed E-state index contributed by atoms with van der Waals surface area (Å²) in [7, 11) is 1.50. The van der Waals surface area contributed by atoms with Gasteiger partial charge in [-0.3, -0.25) is 4.98 Å². The molecule has 0 amide bonds. The minimum atomic E-state index is 0. The Morgan fingerprint density at radius 1 is 0.829 bits per heavy atom. The van der Waals surface area contributed by atoms with Crippen molar-refractivity contribution in [2.75, 3.05) is 13.6 Å². The van der Waals surface area contributed by atoms with Gasteiger partial charge in [0, 0.05) is 24.4 Å². The van der Waals surface area contributed by atoms with Crippen molar-refractivity contribution in [1.29, 1.82) is 0 Å². The molecule has 4 N–H and O–H groups in total. The highest BCUT2D eigenvalue weighted by Gasteiger charge is 2.42. The first-order valence-electron chi connectivity index (χ1n) is 13.6. The number of nitrogens with two attached hydrogens (primary N) is 2. The number of nitrogens with zero attached hydrogens (tertiary/aromatic N) is 1. The summed E-state index contributed by atoms with van der Waals surface area (Å²) < 4.78 is 0. The predicted octanol–water partition coefficient (Wildman–Crippen LogP) is 8.53. The molecule has 3 aromatic carbocycles. The van der Waals surface area contributed by atoms with Gasteiger partial charge in [0.2, 0.25) is 0 Å². The van der Waals surface area contributed by atoms with Crippen LogP contribution < -0.4 is 11.5 Å². The molecule has 0 saturated heterocycles. The maximum Gasteiger partial charge on any atom is 0.0270 e. The van der Waals surface area contributed by atoms with Crippen molar-refractivity contribution >= 4 is 10.8 Å². The maximum atomic E-state index is 5.79. The third-order valence-corrected chi connectivity index (χ3v) is 7.39. The zero-order valence-electron chi connectivity index (χ0n) is 24.2. The van der Waals surface area contributed by atoms with Crippen LogP contribution in [0.4, 0.5) is 0 Å². The Kier molecular flexibility index (Phi) is 16.9. The van der Waals surface area contributed by atoms with Gasteiger partial charge < -0.3 is 11.5 Å². The number of aromatic nitrogens is 1. The van der Waals surface area contributed by atoms with E-state index in [9.17, 15) is 0 Å². The summed E-state index contributed by atoms with van der Waals surface area (Å²) >= 11 is 0. The van der Waals surface area contributed by atoms with Crippen molar-refractivity contribution in [3.63, 3.8) is 0 Å². The molecular weight excluding hydrogens is 498 g/mol. The van der Waals surface area contributed by atoms with Gasteiger partial charge in [0.15, 0.2) is 0 Å². The highest BCUT2D eigenvalue weighted by molar-refractivity contribution is 5.89. The molecule has 1 fully saturated rings. The fourth-order valence-corrected chi connectivity index (χ4v) is 4.78. The van der Waals surface area contributed by atoms with Gasteiger partial charge in [-0.1, -0.05) is 81.6 Å². The van der Waals surface area contributed by atoms with Gasteiger partial charge in [0.25, 0.3) is 0 Å². The van der Waals surface area contributed by atoms with Crippen LogP contribution in [0.1, 0.15) is 68.0 Å². The van der Waals surface area contributed by atoms with Crippen molar-refractivity contribution in [2.45, 2.75) is 73.1 Å². The van der Waals surface area contributed by atoms with Gasteiger partial charge in [-0.05, 0) is 116 Å². The number of pyridine rings is 1. The van der Waals surface area contributed by atoms with Crippen LogP contribution in [-0.2, 0) is 24.7 Å². The highest BCUT2D eigenvalue weighted by Crippen LogP contribution is 2.47. The summed E-state index contributed by atoms with van der Waals surface area (Å²) in [6.45, 7) is 11.3. The molecule has 41 heavy (non-hydrogen) atoms.